The Labute approximate surface area is 64.0 Å². The first-order chi connectivity index (χ1) is 5.40. The minimum absolute atomic E-state index is 0.561. The molecule has 0 amide bonds. The van der Waals surface area contributed by atoms with Gasteiger partial charge in [0.2, 0.25) is 0 Å². The van der Waals surface area contributed by atoms with Crippen LogP contribution in [0.15, 0.2) is 28.7 Å². The van der Waals surface area contributed by atoms with Crippen LogP contribution in [0.2, 0.25) is 0 Å². The summed E-state index contributed by atoms with van der Waals surface area (Å²) in [5, 5.41) is 2.84. The molecule has 56 valence electrons. The monoisotopic (exact) mass is 148 g/mol. The van der Waals surface area contributed by atoms with Gasteiger partial charge < -0.3 is 9.73 Å². The summed E-state index contributed by atoms with van der Waals surface area (Å²) in [6, 6.07) is 8.23. The zero-order chi connectivity index (χ0) is 7.68. The van der Waals surface area contributed by atoms with Crippen molar-refractivity contribution < 1.29 is 4.42 Å². The lowest BCUT2D eigenvalue weighted by Crippen LogP contribution is -1.85. The van der Waals surface area contributed by atoms with Crippen molar-refractivity contribution in [3.05, 3.63) is 24.3 Å². The molecule has 3 nitrogen and oxygen atoms in total. The Balaban J connectivity index is 2.69. The zero-order valence-corrected chi connectivity index (χ0v) is 6.16. The molecule has 11 heavy (non-hydrogen) atoms. The van der Waals surface area contributed by atoms with Crippen molar-refractivity contribution in [1.29, 1.82) is 0 Å². The molecule has 0 atom stereocenters. The molecule has 0 unspecified atom stereocenters. The first-order valence-corrected chi connectivity index (χ1v) is 3.43. The number of oxazole rings is 1. The summed E-state index contributed by atoms with van der Waals surface area (Å²) in [6.07, 6.45) is 0. The van der Waals surface area contributed by atoms with E-state index in [4.69, 9.17) is 4.42 Å². The summed E-state index contributed by atoms with van der Waals surface area (Å²) in [5.74, 6) is 0. The highest BCUT2D eigenvalue weighted by molar-refractivity contribution is 5.73. The number of anilines is 1. The molecular weight excluding hydrogens is 140 g/mol. The van der Waals surface area contributed by atoms with Crippen LogP contribution in [0.4, 0.5) is 6.01 Å². The maximum absolute atomic E-state index is 5.29. The van der Waals surface area contributed by atoms with E-state index in [1.54, 1.807) is 7.05 Å². The molecule has 1 aromatic carbocycles. The predicted octanol–water partition coefficient (Wildman–Crippen LogP) is 1.87. The lowest BCUT2D eigenvalue weighted by molar-refractivity contribution is 0.620. The van der Waals surface area contributed by atoms with Crippen LogP contribution in [-0.2, 0) is 0 Å². The fraction of sp³-hybridized carbons (Fsp3) is 0.125. The topological polar surface area (TPSA) is 38.1 Å². The van der Waals surface area contributed by atoms with Crippen LogP contribution in [0.25, 0.3) is 11.1 Å². The Morgan fingerprint density at radius 3 is 2.91 bits per heavy atom. The van der Waals surface area contributed by atoms with Crippen molar-refractivity contribution in [1.82, 2.24) is 4.98 Å². The lowest BCUT2D eigenvalue weighted by Gasteiger charge is -1.84. The van der Waals surface area contributed by atoms with E-state index in [0.717, 1.165) is 11.1 Å². The summed E-state index contributed by atoms with van der Waals surface area (Å²) < 4.78 is 5.29. The van der Waals surface area contributed by atoms with Crippen LogP contribution < -0.4 is 5.32 Å². The molecule has 0 radical (unpaired) electrons. The van der Waals surface area contributed by atoms with Gasteiger partial charge in [0.15, 0.2) is 5.58 Å². The number of hydrogen-bond donors (Lipinski definition) is 1. The van der Waals surface area contributed by atoms with E-state index in [2.05, 4.69) is 10.3 Å². The first-order valence-electron chi connectivity index (χ1n) is 3.43. The second-order valence-electron chi connectivity index (χ2n) is 2.24. The summed E-state index contributed by atoms with van der Waals surface area (Å²) in [7, 11) is 1.78. The highest BCUT2D eigenvalue weighted by atomic mass is 16.4. The third-order valence-electron chi connectivity index (χ3n) is 1.51. The molecule has 0 aliphatic heterocycles. The van der Waals surface area contributed by atoms with Gasteiger partial charge in [0.1, 0.15) is 5.52 Å². The lowest BCUT2D eigenvalue weighted by atomic mass is 10.3. The Bertz CT molecular complexity index is 334. The number of fused-ring (bicyclic) bond motifs is 1. The van der Waals surface area contributed by atoms with E-state index >= 15 is 0 Å². The largest absolute Gasteiger partial charge is 0.424 e. The third kappa shape index (κ3) is 0.941. The highest BCUT2D eigenvalue weighted by Crippen LogP contribution is 2.16. The Hall–Kier alpha value is -1.51. The average molecular weight is 148 g/mol. The van der Waals surface area contributed by atoms with Gasteiger partial charge in [0.25, 0.3) is 6.01 Å². The number of benzene rings is 1. The van der Waals surface area contributed by atoms with Crippen molar-refractivity contribution in [2.45, 2.75) is 0 Å². The van der Waals surface area contributed by atoms with E-state index < -0.39 is 0 Å². The number of rotatable bonds is 1. The second-order valence-corrected chi connectivity index (χ2v) is 2.24. The number of para-hydroxylation sites is 2. The van der Waals surface area contributed by atoms with Gasteiger partial charge in [-0.05, 0) is 12.1 Å². The molecule has 1 heterocycles. The van der Waals surface area contributed by atoms with Crippen molar-refractivity contribution in [2.75, 3.05) is 12.4 Å². The summed E-state index contributed by atoms with van der Waals surface area (Å²) in [5.41, 5.74) is 1.70. The minimum Gasteiger partial charge on any atom is -0.424 e. The standard InChI is InChI=1S/C8H8N2O/c1-9-8-10-6-4-2-3-5-7(6)11-8/h2-5H,1H3,(H,9,10). The van der Waals surface area contributed by atoms with Gasteiger partial charge in [-0.2, -0.15) is 4.98 Å². The summed E-state index contributed by atoms with van der Waals surface area (Å²) >= 11 is 0. The van der Waals surface area contributed by atoms with Gasteiger partial charge in [0.05, 0.1) is 0 Å². The average Bonchev–Trinajstić information content (AvgIpc) is 2.46. The quantitative estimate of drug-likeness (QED) is 0.670. The molecule has 0 aliphatic rings. The summed E-state index contributed by atoms with van der Waals surface area (Å²) in [6.45, 7) is 0. The molecule has 2 rings (SSSR count). The maximum Gasteiger partial charge on any atom is 0.295 e. The highest BCUT2D eigenvalue weighted by Gasteiger charge is 2.00. The van der Waals surface area contributed by atoms with Crippen LogP contribution in [-0.4, -0.2) is 12.0 Å². The molecule has 0 saturated carbocycles. The smallest absolute Gasteiger partial charge is 0.295 e. The fourth-order valence-electron chi connectivity index (χ4n) is 0.979. The number of nitrogens with one attached hydrogen (secondary N) is 1. The molecular formula is C8H8N2O. The molecule has 1 aromatic heterocycles. The van der Waals surface area contributed by atoms with E-state index in [-0.39, 0.29) is 0 Å². The predicted molar refractivity (Wildman–Crippen MR) is 43.6 cm³/mol. The zero-order valence-electron chi connectivity index (χ0n) is 6.16. The van der Waals surface area contributed by atoms with Crippen LogP contribution in [0, 0.1) is 0 Å². The maximum atomic E-state index is 5.29. The number of hydrogen-bond acceptors (Lipinski definition) is 3. The van der Waals surface area contributed by atoms with Crippen molar-refractivity contribution in [2.24, 2.45) is 0 Å². The van der Waals surface area contributed by atoms with Crippen molar-refractivity contribution in [3.63, 3.8) is 0 Å². The van der Waals surface area contributed by atoms with Crippen LogP contribution in [0.1, 0.15) is 0 Å². The number of aromatic nitrogens is 1. The van der Waals surface area contributed by atoms with E-state index in [1.165, 1.54) is 0 Å². The van der Waals surface area contributed by atoms with Gasteiger partial charge in [0, 0.05) is 7.05 Å². The van der Waals surface area contributed by atoms with Gasteiger partial charge in [-0.25, -0.2) is 0 Å². The summed E-state index contributed by atoms with van der Waals surface area (Å²) in [4.78, 5) is 4.15. The van der Waals surface area contributed by atoms with Crippen LogP contribution in [0.3, 0.4) is 0 Å². The molecule has 0 saturated heterocycles. The van der Waals surface area contributed by atoms with Crippen LogP contribution >= 0.6 is 0 Å². The SMILES string of the molecule is CNc1nc2ccccc2o1. The molecule has 1 N–H and O–H groups in total. The van der Waals surface area contributed by atoms with Gasteiger partial charge in [-0.3, -0.25) is 0 Å². The molecule has 3 heteroatoms. The van der Waals surface area contributed by atoms with Crippen molar-refractivity contribution in [3.8, 4) is 0 Å². The molecule has 0 fully saturated rings. The Kier molecular flexibility index (Phi) is 1.28. The van der Waals surface area contributed by atoms with E-state index in [1.807, 2.05) is 24.3 Å². The number of nitrogens with zero attached hydrogens (tertiary/aromatic N) is 1. The fourth-order valence-corrected chi connectivity index (χ4v) is 0.979. The van der Waals surface area contributed by atoms with Gasteiger partial charge in [-0.1, -0.05) is 12.1 Å². The van der Waals surface area contributed by atoms with Gasteiger partial charge in [-0.15, -0.1) is 0 Å². The Morgan fingerprint density at radius 1 is 1.36 bits per heavy atom. The minimum atomic E-state index is 0.561. The molecule has 0 aliphatic carbocycles. The third-order valence-corrected chi connectivity index (χ3v) is 1.51. The van der Waals surface area contributed by atoms with Gasteiger partial charge >= 0.3 is 0 Å². The normalized spacial score (nSPS) is 10.3. The molecule has 0 spiro atoms. The first kappa shape index (κ1) is 6.22. The van der Waals surface area contributed by atoms with E-state index in [0.29, 0.717) is 6.01 Å². The molecule has 2 aromatic rings. The second kappa shape index (κ2) is 2.27. The Morgan fingerprint density at radius 2 is 2.18 bits per heavy atom. The van der Waals surface area contributed by atoms with Crippen LogP contribution in [0.5, 0.6) is 0 Å². The van der Waals surface area contributed by atoms with Crippen molar-refractivity contribution >= 4 is 17.1 Å². The molecule has 0 bridgehead atoms. The van der Waals surface area contributed by atoms with E-state index in [9.17, 15) is 0 Å².